The maximum atomic E-state index is 13.1. The Balaban J connectivity index is 1.82. The number of aromatic nitrogens is 2. The van der Waals surface area contributed by atoms with E-state index in [-0.39, 0.29) is 15.6 Å². The highest BCUT2D eigenvalue weighted by atomic mass is 35.5. The largest absolute Gasteiger partial charge is 0.435 e. The quantitative estimate of drug-likeness (QED) is 0.634. The topological polar surface area (TPSA) is 64.0 Å². The molecular weight excluding hydrogens is 410 g/mol. The number of hydrogen-bond donors (Lipinski definition) is 1. The molecule has 0 unspecified atom stereocenters. The van der Waals surface area contributed by atoms with Crippen LogP contribution in [-0.2, 0) is 16.2 Å². The van der Waals surface area contributed by atoms with Crippen LogP contribution in [0.1, 0.15) is 5.69 Å². The molecule has 0 fully saturated rings. The molecular formula is C16H10ClF4N3O2S. The van der Waals surface area contributed by atoms with Crippen LogP contribution in [0, 0.1) is 5.82 Å². The summed E-state index contributed by atoms with van der Waals surface area (Å²) in [5.41, 5.74) is -0.603. The van der Waals surface area contributed by atoms with Crippen LogP contribution in [0.25, 0.3) is 5.69 Å². The Hall–Kier alpha value is -2.59. The Morgan fingerprint density at radius 1 is 1.04 bits per heavy atom. The molecule has 0 atom stereocenters. The molecule has 0 saturated carbocycles. The molecule has 0 aliphatic rings. The molecule has 0 aliphatic carbocycles. The van der Waals surface area contributed by atoms with Crippen LogP contribution in [0.4, 0.5) is 23.2 Å². The smallest absolute Gasteiger partial charge is 0.280 e. The van der Waals surface area contributed by atoms with Gasteiger partial charge in [0.25, 0.3) is 10.0 Å². The lowest BCUT2D eigenvalue weighted by Crippen LogP contribution is -2.13. The van der Waals surface area contributed by atoms with Gasteiger partial charge in [0.1, 0.15) is 10.7 Å². The summed E-state index contributed by atoms with van der Waals surface area (Å²) < 4.78 is 78.8. The highest BCUT2D eigenvalue weighted by Gasteiger charge is 2.33. The number of nitrogens with one attached hydrogen (secondary N) is 1. The lowest BCUT2D eigenvalue weighted by atomic mass is 10.3. The summed E-state index contributed by atoms with van der Waals surface area (Å²) in [7, 11) is -4.07. The van der Waals surface area contributed by atoms with Crippen LogP contribution in [0.5, 0.6) is 0 Å². The monoisotopic (exact) mass is 419 g/mol. The van der Waals surface area contributed by atoms with Gasteiger partial charge in [-0.1, -0.05) is 11.6 Å². The summed E-state index contributed by atoms with van der Waals surface area (Å²) in [6.45, 7) is 0. The van der Waals surface area contributed by atoms with E-state index in [1.807, 2.05) is 0 Å². The predicted octanol–water partition coefficient (Wildman–Crippen LogP) is 4.48. The van der Waals surface area contributed by atoms with Crippen LogP contribution < -0.4 is 4.72 Å². The van der Waals surface area contributed by atoms with Crippen molar-refractivity contribution in [3.8, 4) is 5.69 Å². The van der Waals surface area contributed by atoms with Gasteiger partial charge in [0, 0.05) is 11.9 Å². The second kappa shape index (κ2) is 6.86. The molecule has 0 spiro atoms. The highest BCUT2D eigenvalue weighted by Crippen LogP contribution is 2.28. The zero-order chi connectivity index (χ0) is 19.8. The van der Waals surface area contributed by atoms with Crippen molar-refractivity contribution < 1.29 is 26.0 Å². The van der Waals surface area contributed by atoms with Gasteiger partial charge in [0.2, 0.25) is 0 Å². The van der Waals surface area contributed by atoms with E-state index in [2.05, 4.69) is 9.82 Å². The number of hydrogen-bond acceptors (Lipinski definition) is 3. The molecule has 5 nitrogen and oxygen atoms in total. The molecule has 0 amide bonds. The standard InChI is InChI=1S/C16H10ClF4N3O2S/c17-13-9-10(18)1-6-14(13)27(25,26)23-11-2-4-12(5-3-11)24-8-7-15(22-24)16(19,20)21/h1-9,23H. The molecule has 0 saturated heterocycles. The van der Waals surface area contributed by atoms with Gasteiger partial charge in [-0.3, -0.25) is 4.72 Å². The van der Waals surface area contributed by atoms with E-state index in [1.165, 1.54) is 24.3 Å². The molecule has 11 heteroatoms. The number of sulfonamides is 1. The SMILES string of the molecule is O=S(=O)(Nc1ccc(-n2ccc(C(F)(F)F)n2)cc1)c1ccc(F)cc1Cl. The fourth-order valence-corrected chi connectivity index (χ4v) is 3.80. The van der Waals surface area contributed by atoms with Gasteiger partial charge in [-0.2, -0.15) is 18.3 Å². The molecule has 0 bridgehead atoms. The molecule has 1 heterocycles. The van der Waals surface area contributed by atoms with Crippen molar-refractivity contribution >= 4 is 27.3 Å². The summed E-state index contributed by atoms with van der Waals surface area (Å²) in [6.07, 6.45) is -3.42. The van der Waals surface area contributed by atoms with Crippen LogP contribution in [0.3, 0.4) is 0 Å². The average molecular weight is 420 g/mol. The Labute approximate surface area is 156 Å². The van der Waals surface area contributed by atoms with Crippen LogP contribution in [0.15, 0.2) is 59.6 Å². The first-order chi connectivity index (χ1) is 12.6. The Bertz CT molecular complexity index is 1080. The van der Waals surface area contributed by atoms with Gasteiger partial charge in [0.15, 0.2) is 5.69 Å². The third-order valence-corrected chi connectivity index (χ3v) is 5.31. The van der Waals surface area contributed by atoms with Crippen LogP contribution in [0.2, 0.25) is 5.02 Å². The molecule has 0 aliphatic heterocycles. The zero-order valence-electron chi connectivity index (χ0n) is 13.2. The summed E-state index contributed by atoms with van der Waals surface area (Å²) in [5.74, 6) is -0.680. The van der Waals surface area contributed by atoms with Crippen molar-refractivity contribution in [3.63, 3.8) is 0 Å². The molecule has 1 N–H and O–H groups in total. The van der Waals surface area contributed by atoms with Gasteiger partial charge in [-0.05, 0) is 48.5 Å². The third kappa shape index (κ3) is 4.22. The average Bonchev–Trinajstić information content (AvgIpc) is 3.05. The molecule has 3 aromatic rings. The zero-order valence-corrected chi connectivity index (χ0v) is 14.8. The number of alkyl halides is 3. The van der Waals surface area contributed by atoms with Crippen LogP contribution >= 0.6 is 11.6 Å². The van der Waals surface area contributed by atoms with Gasteiger partial charge in [-0.25, -0.2) is 17.5 Å². The minimum atomic E-state index is -4.56. The minimum Gasteiger partial charge on any atom is -0.280 e. The summed E-state index contributed by atoms with van der Waals surface area (Å²) in [5, 5.41) is 3.14. The maximum absolute atomic E-state index is 13.1. The van der Waals surface area contributed by atoms with E-state index in [1.54, 1.807) is 0 Å². The number of nitrogens with zero attached hydrogens (tertiary/aromatic N) is 2. The second-order valence-electron chi connectivity index (χ2n) is 5.37. The number of benzene rings is 2. The number of rotatable bonds is 4. The minimum absolute atomic E-state index is 0.141. The molecule has 2 aromatic carbocycles. The lowest BCUT2D eigenvalue weighted by molar-refractivity contribution is -0.141. The van der Waals surface area contributed by atoms with Crippen molar-refractivity contribution in [1.82, 2.24) is 9.78 Å². The lowest BCUT2D eigenvalue weighted by Gasteiger charge is -2.10. The van der Waals surface area contributed by atoms with E-state index in [0.717, 1.165) is 35.1 Å². The van der Waals surface area contributed by atoms with Crippen molar-refractivity contribution in [2.45, 2.75) is 11.1 Å². The van der Waals surface area contributed by atoms with Gasteiger partial charge in [0.05, 0.1) is 10.7 Å². The highest BCUT2D eigenvalue weighted by molar-refractivity contribution is 7.92. The van der Waals surface area contributed by atoms with E-state index >= 15 is 0 Å². The Morgan fingerprint density at radius 2 is 1.70 bits per heavy atom. The van der Waals surface area contributed by atoms with Gasteiger partial charge < -0.3 is 0 Å². The second-order valence-corrected chi connectivity index (χ2v) is 7.43. The third-order valence-electron chi connectivity index (χ3n) is 3.45. The number of halogens is 5. The summed E-state index contributed by atoms with van der Waals surface area (Å²) >= 11 is 5.76. The fourth-order valence-electron chi connectivity index (χ4n) is 2.20. The first kappa shape index (κ1) is 19.2. The van der Waals surface area contributed by atoms with Crippen LogP contribution in [-0.4, -0.2) is 18.2 Å². The van der Waals surface area contributed by atoms with E-state index in [4.69, 9.17) is 11.6 Å². The maximum Gasteiger partial charge on any atom is 0.435 e. The molecule has 1 aromatic heterocycles. The van der Waals surface area contributed by atoms with E-state index in [9.17, 15) is 26.0 Å². The number of anilines is 1. The van der Waals surface area contributed by atoms with Crippen molar-refractivity contribution in [1.29, 1.82) is 0 Å². The molecule has 0 radical (unpaired) electrons. The fraction of sp³-hybridized carbons (Fsp3) is 0.0625. The van der Waals surface area contributed by atoms with Crippen molar-refractivity contribution in [2.24, 2.45) is 0 Å². The Morgan fingerprint density at radius 3 is 2.26 bits per heavy atom. The molecule has 142 valence electrons. The normalized spacial score (nSPS) is 12.2. The van der Waals surface area contributed by atoms with Crippen molar-refractivity contribution in [3.05, 3.63) is 71.3 Å². The van der Waals surface area contributed by atoms with Gasteiger partial charge in [-0.15, -0.1) is 0 Å². The van der Waals surface area contributed by atoms with Crippen molar-refractivity contribution in [2.75, 3.05) is 4.72 Å². The summed E-state index contributed by atoms with van der Waals surface area (Å²) in [4.78, 5) is -0.309. The molecule has 3 rings (SSSR count). The van der Waals surface area contributed by atoms with E-state index < -0.39 is 27.7 Å². The Kier molecular flexibility index (Phi) is 4.87. The first-order valence-electron chi connectivity index (χ1n) is 7.27. The predicted molar refractivity (Wildman–Crippen MR) is 90.8 cm³/mol. The molecule has 27 heavy (non-hydrogen) atoms. The van der Waals surface area contributed by atoms with Gasteiger partial charge >= 0.3 is 6.18 Å². The van der Waals surface area contributed by atoms with E-state index in [0.29, 0.717) is 5.69 Å². The summed E-state index contributed by atoms with van der Waals surface area (Å²) in [6, 6.07) is 9.14. The first-order valence-corrected chi connectivity index (χ1v) is 9.13.